The van der Waals surface area contributed by atoms with Gasteiger partial charge < -0.3 is 5.32 Å². The summed E-state index contributed by atoms with van der Waals surface area (Å²) in [5.74, 6) is 0.426. The van der Waals surface area contributed by atoms with E-state index in [4.69, 9.17) is 0 Å². The van der Waals surface area contributed by atoms with Crippen LogP contribution in [0.3, 0.4) is 0 Å². The molecule has 1 N–H and O–H groups in total. The van der Waals surface area contributed by atoms with E-state index in [-0.39, 0.29) is 11.8 Å². The fourth-order valence-corrected chi connectivity index (χ4v) is 1.25. The van der Waals surface area contributed by atoms with Gasteiger partial charge >= 0.3 is 0 Å². The van der Waals surface area contributed by atoms with Crippen molar-refractivity contribution >= 4 is 11.6 Å². The highest BCUT2D eigenvalue weighted by molar-refractivity contribution is 5.94. The van der Waals surface area contributed by atoms with E-state index in [2.05, 4.69) is 11.4 Å². The van der Waals surface area contributed by atoms with Gasteiger partial charge in [0.2, 0.25) is 5.91 Å². The molecule has 0 unspecified atom stereocenters. The van der Waals surface area contributed by atoms with Gasteiger partial charge in [-0.15, -0.1) is 0 Å². The Labute approximate surface area is 78.0 Å². The number of benzene rings is 1. The van der Waals surface area contributed by atoms with Gasteiger partial charge in [0.15, 0.2) is 0 Å². The third-order valence-electron chi connectivity index (χ3n) is 2.16. The van der Waals surface area contributed by atoms with Gasteiger partial charge in [0.1, 0.15) is 0 Å². The smallest absolute Gasteiger partial charge is 0.227 e. The molecular formula is C11H12NO. The lowest BCUT2D eigenvalue weighted by Crippen LogP contribution is -2.13. The van der Waals surface area contributed by atoms with Crippen molar-refractivity contribution in [1.29, 1.82) is 0 Å². The van der Waals surface area contributed by atoms with E-state index in [1.165, 1.54) is 0 Å². The van der Waals surface area contributed by atoms with Crippen molar-refractivity contribution in [2.24, 2.45) is 5.92 Å². The molecular weight excluding hydrogens is 162 g/mol. The number of carbonyl (C=O) groups is 1. The molecule has 1 radical (unpaired) electrons. The molecule has 2 rings (SSSR count). The first kappa shape index (κ1) is 8.30. The summed E-state index contributed by atoms with van der Waals surface area (Å²) in [6.07, 6.45) is 2.09. The Bertz CT molecular complexity index is 329. The Morgan fingerprint density at radius 3 is 3.00 bits per heavy atom. The van der Waals surface area contributed by atoms with Crippen molar-refractivity contribution < 1.29 is 4.79 Å². The minimum atomic E-state index is 0.158. The van der Waals surface area contributed by atoms with Crippen LogP contribution in [0.2, 0.25) is 0 Å². The zero-order valence-electron chi connectivity index (χ0n) is 7.63. The molecule has 0 atom stereocenters. The average molecular weight is 174 g/mol. The molecule has 1 aliphatic rings. The fraction of sp³-hybridized carbons (Fsp3) is 0.364. The largest absolute Gasteiger partial charge is 0.326 e. The number of carbonyl (C=O) groups excluding carboxylic acids is 1. The first-order valence-electron chi connectivity index (χ1n) is 4.55. The van der Waals surface area contributed by atoms with E-state index in [0.29, 0.717) is 0 Å². The highest BCUT2D eigenvalue weighted by atomic mass is 16.2. The molecule has 0 bridgehead atoms. The maximum atomic E-state index is 11.4. The number of rotatable bonds is 2. The molecule has 1 saturated carbocycles. The molecule has 1 amide bonds. The second-order valence-electron chi connectivity index (χ2n) is 3.52. The maximum absolute atomic E-state index is 11.4. The second kappa shape index (κ2) is 3.21. The van der Waals surface area contributed by atoms with Crippen LogP contribution in [0.4, 0.5) is 5.69 Å². The maximum Gasteiger partial charge on any atom is 0.227 e. The number of aryl methyl sites for hydroxylation is 1. The number of hydrogen-bond donors (Lipinski definition) is 1. The topological polar surface area (TPSA) is 29.1 Å². The molecule has 0 spiro atoms. The van der Waals surface area contributed by atoms with Crippen LogP contribution < -0.4 is 5.32 Å². The Morgan fingerprint density at radius 1 is 1.62 bits per heavy atom. The summed E-state index contributed by atoms with van der Waals surface area (Å²) in [5, 5.41) is 2.89. The quantitative estimate of drug-likeness (QED) is 0.731. The first-order chi connectivity index (χ1) is 6.25. The summed E-state index contributed by atoms with van der Waals surface area (Å²) < 4.78 is 0. The van der Waals surface area contributed by atoms with Crippen molar-refractivity contribution in [3.05, 3.63) is 29.8 Å². The molecule has 67 valence electrons. The third kappa shape index (κ3) is 2.08. The molecule has 1 aliphatic carbocycles. The molecule has 13 heavy (non-hydrogen) atoms. The summed E-state index contributed by atoms with van der Waals surface area (Å²) in [6, 6.07) is 8.67. The predicted molar refractivity (Wildman–Crippen MR) is 51.4 cm³/mol. The van der Waals surface area contributed by atoms with Gasteiger partial charge in [-0.3, -0.25) is 4.79 Å². The Hall–Kier alpha value is -1.31. The van der Waals surface area contributed by atoms with Gasteiger partial charge in [-0.2, -0.15) is 0 Å². The van der Waals surface area contributed by atoms with Crippen molar-refractivity contribution in [3.63, 3.8) is 0 Å². The zero-order valence-corrected chi connectivity index (χ0v) is 7.63. The number of anilines is 1. The normalized spacial score (nSPS) is 15.5. The summed E-state index contributed by atoms with van der Waals surface area (Å²) in [6.45, 7) is 1.97. The van der Waals surface area contributed by atoms with E-state index >= 15 is 0 Å². The van der Waals surface area contributed by atoms with Gasteiger partial charge in [-0.1, -0.05) is 6.07 Å². The van der Waals surface area contributed by atoms with Crippen LogP contribution in [0.25, 0.3) is 0 Å². The van der Waals surface area contributed by atoms with Crippen LogP contribution in [-0.4, -0.2) is 5.91 Å². The van der Waals surface area contributed by atoms with E-state index in [1.807, 2.05) is 25.1 Å². The van der Waals surface area contributed by atoms with Crippen molar-refractivity contribution in [2.45, 2.75) is 19.8 Å². The van der Waals surface area contributed by atoms with E-state index in [0.717, 1.165) is 24.1 Å². The lowest BCUT2D eigenvalue weighted by atomic mass is 10.2. The number of amides is 1. The van der Waals surface area contributed by atoms with Crippen LogP contribution in [0.5, 0.6) is 0 Å². The standard InChI is InChI=1S/C11H12NO/c1-8-3-2-4-10(7-8)12-11(13)9-5-6-9/h2,4,7,9H,5-6H2,1H3,(H,12,13). The van der Waals surface area contributed by atoms with Crippen LogP contribution in [0.15, 0.2) is 18.2 Å². The van der Waals surface area contributed by atoms with E-state index in [9.17, 15) is 4.79 Å². The highest BCUT2D eigenvalue weighted by Gasteiger charge is 2.29. The molecule has 1 aromatic carbocycles. The fourth-order valence-electron chi connectivity index (χ4n) is 1.25. The molecule has 0 aromatic heterocycles. The zero-order chi connectivity index (χ0) is 9.26. The SMILES string of the molecule is Cc1[c]ccc(NC(=O)C2CC2)c1. The van der Waals surface area contributed by atoms with Gasteiger partial charge in [-0.05, 0) is 43.5 Å². The lowest BCUT2D eigenvalue weighted by molar-refractivity contribution is -0.117. The van der Waals surface area contributed by atoms with Gasteiger partial charge in [0, 0.05) is 11.6 Å². The molecule has 1 aromatic rings. The van der Waals surface area contributed by atoms with Gasteiger partial charge in [0.25, 0.3) is 0 Å². The molecule has 1 fully saturated rings. The molecule has 2 nitrogen and oxygen atoms in total. The van der Waals surface area contributed by atoms with Crippen LogP contribution in [0.1, 0.15) is 18.4 Å². The van der Waals surface area contributed by atoms with Crippen LogP contribution in [-0.2, 0) is 4.79 Å². The van der Waals surface area contributed by atoms with Gasteiger partial charge in [-0.25, -0.2) is 0 Å². The van der Waals surface area contributed by atoms with Crippen LogP contribution >= 0.6 is 0 Å². The second-order valence-corrected chi connectivity index (χ2v) is 3.52. The molecule has 0 saturated heterocycles. The Kier molecular flexibility index (Phi) is 2.05. The van der Waals surface area contributed by atoms with Gasteiger partial charge in [0.05, 0.1) is 0 Å². The number of hydrogen-bond acceptors (Lipinski definition) is 1. The summed E-state index contributed by atoms with van der Waals surface area (Å²) in [4.78, 5) is 11.4. The molecule has 2 heteroatoms. The number of nitrogens with one attached hydrogen (secondary N) is 1. The van der Waals surface area contributed by atoms with Crippen molar-refractivity contribution in [3.8, 4) is 0 Å². The highest BCUT2D eigenvalue weighted by Crippen LogP contribution is 2.30. The Balaban J connectivity index is 2.04. The first-order valence-corrected chi connectivity index (χ1v) is 4.55. The lowest BCUT2D eigenvalue weighted by Gasteiger charge is -2.03. The third-order valence-corrected chi connectivity index (χ3v) is 2.16. The summed E-state index contributed by atoms with van der Waals surface area (Å²) >= 11 is 0. The van der Waals surface area contributed by atoms with E-state index in [1.54, 1.807) is 0 Å². The van der Waals surface area contributed by atoms with Crippen molar-refractivity contribution in [2.75, 3.05) is 5.32 Å². The Morgan fingerprint density at radius 2 is 2.38 bits per heavy atom. The molecule has 0 heterocycles. The average Bonchev–Trinajstić information content (AvgIpc) is 2.85. The minimum Gasteiger partial charge on any atom is -0.326 e. The van der Waals surface area contributed by atoms with Crippen LogP contribution in [0, 0.1) is 18.9 Å². The predicted octanol–water partition coefficient (Wildman–Crippen LogP) is 2.14. The van der Waals surface area contributed by atoms with E-state index < -0.39 is 0 Å². The van der Waals surface area contributed by atoms with Crippen molar-refractivity contribution in [1.82, 2.24) is 0 Å². The summed E-state index contributed by atoms with van der Waals surface area (Å²) in [5.41, 5.74) is 1.93. The molecule has 0 aliphatic heterocycles. The monoisotopic (exact) mass is 174 g/mol. The summed E-state index contributed by atoms with van der Waals surface area (Å²) in [7, 11) is 0. The minimum absolute atomic E-state index is 0.158.